The summed E-state index contributed by atoms with van der Waals surface area (Å²) in [6.07, 6.45) is 1.00. The number of carbonyl (C=O) groups is 1. The highest BCUT2D eigenvalue weighted by Crippen LogP contribution is 2.14. The molecule has 0 fully saturated rings. The van der Waals surface area contributed by atoms with E-state index in [1.165, 1.54) is 5.69 Å². The number of anilines is 1. The van der Waals surface area contributed by atoms with Gasteiger partial charge >= 0.3 is 0 Å². The summed E-state index contributed by atoms with van der Waals surface area (Å²) in [7, 11) is 1.75. The third kappa shape index (κ3) is 7.33. The molecular formula is C20H35N5O. The summed E-state index contributed by atoms with van der Waals surface area (Å²) in [5.41, 5.74) is 0.765. The van der Waals surface area contributed by atoms with E-state index in [1.54, 1.807) is 7.05 Å². The maximum Gasteiger partial charge on any atom is 0.227 e. The zero-order valence-electron chi connectivity index (χ0n) is 16.9. The van der Waals surface area contributed by atoms with E-state index in [-0.39, 0.29) is 5.91 Å². The van der Waals surface area contributed by atoms with Crippen LogP contribution < -0.4 is 20.9 Å². The van der Waals surface area contributed by atoms with Crippen LogP contribution in [0.4, 0.5) is 5.69 Å². The molecule has 0 radical (unpaired) electrons. The molecule has 0 bridgehead atoms. The number of amides is 1. The fourth-order valence-corrected chi connectivity index (χ4v) is 2.59. The first-order chi connectivity index (χ1) is 12.4. The molecule has 0 saturated heterocycles. The molecule has 0 heterocycles. The molecule has 1 aromatic carbocycles. The van der Waals surface area contributed by atoms with Gasteiger partial charge in [-0.1, -0.05) is 18.2 Å². The molecule has 0 spiro atoms. The van der Waals surface area contributed by atoms with Gasteiger partial charge in [-0.15, -0.1) is 0 Å². The minimum absolute atomic E-state index is 0.0457. The number of carbonyl (C=O) groups excluding carboxylic acids is 1. The van der Waals surface area contributed by atoms with Gasteiger partial charge in [-0.05, 0) is 46.2 Å². The van der Waals surface area contributed by atoms with Gasteiger partial charge in [0.25, 0.3) is 0 Å². The van der Waals surface area contributed by atoms with Crippen LogP contribution in [0.1, 0.15) is 34.1 Å². The highest BCUT2D eigenvalue weighted by Gasteiger charge is 2.27. The minimum atomic E-state index is -0.486. The van der Waals surface area contributed by atoms with Gasteiger partial charge in [0.1, 0.15) is 0 Å². The molecule has 6 heteroatoms. The van der Waals surface area contributed by atoms with Crippen molar-refractivity contribution in [2.45, 2.75) is 34.1 Å². The van der Waals surface area contributed by atoms with Gasteiger partial charge in [-0.25, -0.2) is 0 Å². The van der Waals surface area contributed by atoms with Crippen molar-refractivity contribution in [3.05, 3.63) is 30.3 Å². The van der Waals surface area contributed by atoms with Crippen LogP contribution in [-0.4, -0.2) is 51.6 Å². The number of para-hydroxylation sites is 1. The quantitative estimate of drug-likeness (QED) is 0.340. The number of benzene rings is 1. The molecule has 0 unspecified atom stereocenters. The average Bonchev–Trinajstić information content (AvgIpc) is 2.65. The Labute approximate surface area is 158 Å². The minimum Gasteiger partial charge on any atom is -0.372 e. The topological polar surface area (TPSA) is 68.8 Å². The number of rotatable bonds is 10. The molecule has 0 aliphatic heterocycles. The molecule has 1 rings (SSSR count). The van der Waals surface area contributed by atoms with Crippen molar-refractivity contribution in [3.8, 4) is 0 Å². The summed E-state index contributed by atoms with van der Waals surface area (Å²) in [5, 5.41) is 9.44. The van der Waals surface area contributed by atoms with Crippen molar-refractivity contribution in [1.29, 1.82) is 0 Å². The van der Waals surface area contributed by atoms with Crippen LogP contribution in [-0.2, 0) is 4.79 Å². The Kier molecular flexibility index (Phi) is 9.55. The molecule has 1 aromatic rings. The van der Waals surface area contributed by atoms with Crippen molar-refractivity contribution < 1.29 is 4.79 Å². The summed E-state index contributed by atoms with van der Waals surface area (Å²) < 4.78 is 0. The number of hydrogen-bond acceptors (Lipinski definition) is 3. The third-order valence-corrected chi connectivity index (χ3v) is 4.27. The van der Waals surface area contributed by atoms with Crippen molar-refractivity contribution >= 4 is 17.6 Å². The van der Waals surface area contributed by atoms with E-state index in [9.17, 15) is 4.79 Å². The maximum atomic E-state index is 12.1. The summed E-state index contributed by atoms with van der Waals surface area (Å²) in [5.74, 6) is 0.773. The monoisotopic (exact) mass is 361 g/mol. The predicted molar refractivity (Wildman–Crippen MR) is 111 cm³/mol. The second-order valence-corrected chi connectivity index (χ2v) is 6.86. The Balaban J connectivity index is 2.37. The van der Waals surface area contributed by atoms with Crippen LogP contribution in [0.15, 0.2) is 35.3 Å². The van der Waals surface area contributed by atoms with Gasteiger partial charge in [0.05, 0.1) is 5.41 Å². The number of guanidine groups is 1. The molecular weight excluding hydrogens is 326 g/mol. The molecule has 3 N–H and O–H groups in total. The third-order valence-electron chi connectivity index (χ3n) is 4.27. The van der Waals surface area contributed by atoms with E-state index in [1.807, 2.05) is 26.8 Å². The standard InChI is InChI=1S/C20H35N5O/c1-6-22-18(26)20(3,4)16-24-19(21-5)23-14-11-15-25(7-2)17-12-9-8-10-13-17/h8-10,12-13H,6-7,11,14-16H2,1-5H3,(H,22,26)(H2,21,23,24). The highest BCUT2D eigenvalue weighted by molar-refractivity contribution is 5.84. The van der Waals surface area contributed by atoms with Crippen LogP contribution in [0.2, 0.25) is 0 Å². The number of nitrogens with zero attached hydrogens (tertiary/aromatic N) is 2. The zero-order valence-corrected chi connectivity index (χ0v) is 16.9. The maximum absolute atomic E-state index is 12.1. The van der Waals surface area contributed by atoms with Crippen LogP contribution in [0.3, 0.4) is 0 Å². The smallest absolute Gasteiger partial charge is 0.227 e. The van der Waals surface area contributed by atoms with Gasteiger partial charge < -0.3 is 20.9 Å². The second kappa shape index (κ2) is 11.4. The van der Waals surface area contributed by atoms with Gasteiger partial charge in [0.15, 0.2) is 5.96 Å². The van der Waals surface area contributed by atoms with E-state index >= 15 is 0 Å². The lowest BCUT2D eigenvalue weighted by Gasteiger charge is -2.25. The fourth-order valence-electron chi connectivity index (χ4n) is 2.59. The van der Waals surface area contributed by atoms with Gasteiger partial charge in [-0.2, -0.15) is 0 Å². The highest BCUT2D eigenvalue weighted by atomic mass is 16.2. The Morgan fingerprint density at radius 1 is 1.12 bits per heavy atom. The molecule has 146 valence electrons. The first kappa shape index (κ1) is 21.8. The largest absolute Gasteiger partial charge is 0.372 e. The number of nitrogens with one attached hydrogen (secondary N) is 3. The van der Waals surface area contributed by atoms with E-state index in [0.29, 0.717) is 13.1 Å². The molecule has 0 aromatic heterocycles. The SMILES string of the molecule is CCNC(=O)C(C)(C)CNC(=NC)NCCCN(CC)c1ccccc1. The molecule has 0 saturated carbocycles. The lowest BCUT2D eigenvalue weighted by atomic mass is 9.92. The lowest BCUT2D eigenvalue weighted by molar-refractivity contribution is -0.128. The molecule has 1 amide bonds. The lowest BCUT2D eigenvalue weighted by Crippen LogP contribution is -2.48. The van der Waals surface area contributed by atoms with Crippen LogP contribution in [0, 0.1) is 5.41 Å². The van der Waals surface area contributed by atoms with Crippen molar-refractivity contribution in [2.75, 3.05) is 44.7 Å². The second-order valence-electron chi connectivity index (χ2n) is 6.86. The van der Waals surface area contributed by atoms with Gasteiger partial charge in [-0.3, -0.25) is 9.79 Å². The van der Waals surface area contributed by atoms with Crippen molar-refractivity contribution in [1.82, 2.24) is 16.0 Å². The Morgan fingerprint density at radius 3 is 2.38 bits per heavy atom. The van der Waals surface area contributed by atoms with Crippen molar-refractivity contribution in [3.63, 3.8) is 0 Å². The Hall–Kier alpha value is -2.24. The Bertz CT molecular complexity index is 557. The van der Waals surface area contributed by atoms with Gasteiger partial charge in [0, 0.05) is 45.5 Å². The number of hydrogen-bond donors (Lipinski definition) is 3. The molecule has 0 aliphatic carbocycles. The van der Waals surface area contributed by atoms with E-state index in [2.05, 4.69) is 57.0 Å². The van der Waals surface area contributed by atoms with E-state index in [4.69, 9.17) is 0 Å². The van der Waals surface area contributed by atoms with Crippen molar-refractivity contribution in [2.24, 2.45) is 10.4 Å². The average molecular weight is 362 g/mol. The van der Waals surface area contributed by atoms with Crippen LogP contribution >= 0.6 is 0 Å². The summed E-state index contributed by atoms with van der Waals surface area (Å²) in [4.78, 5) is 18.6. The molecule has 0 aliphatic rings. The van der Waals surface area contributed by atoms with E-state index < -0.39 is 5.41 Å². The van der Waals surface area contributed by atoms with Crippen LogP contribution in [0.25, 0.3) is 0 Å². The summed E-state index contributed by atoms with van der Waals surface area (Å²) in [6.45, 7) is 11.9. The number of aliphatic imine (C=N–C) groups is 1. The van der Waals surface area contributed by atoms with Crippen LogP contribution in [0.5, 0.6) is 0 Å². The first-order valence-corrected chi connectivity index (χ1v) is 9.47. The molecule has 26 heavy (non-hydrogen) atoms. The first-order valence-electron chi connectivity index (χ1n) is 9.47. The molecule has 6 nitrogen and oxygen atoms in total. The Morgan fingerprint density at radius 2 is 1.81 bits per heavy atom. The zero-order chi connectivity index (χ0) is 19.4. The van der Waals surface area contributed by atoms with Gasteiger partial charge in [0.2, 0.25) is 5.91 Å². The fraction of sp³-hybridized carbons (Fsp3) is 0.600. The van der Waals surface area contributed by atoms with E-state index in [0.717, 1.165) is 32.0 Å². The molecule has 0 atom stereocenters. The predicted octanol–water partition coefficient (Wildman–Crippen LogP) is 2.23. The summed E-state index contributed by atoms with van der Waals surface area (Å²) >= 11 is 0. The normalized spacial score (nSPS) is 11.8. The summed E-state index contributed by atoms with van der Waals surface area (Å²) in [6, 6.07) is 10.5.